The van der Waals surface area contributed by atoms with Gasteiger partial charge in [-0.3, -0.25) is 9.59 Å². The third-order valence-electron chi connectivity index (χ3n) is 5.28. The van der Waals surface area contributed by atoms with Crippen molar-refractivity contribution < 1.29 is 14.0 Å². The van der Waals surface area contributed by atoms with Gasteiger partial charge in [-0.25, -0.2) is 4.39 Å². The highest BCUT2D eigenvalue weighted by Crippen LogP contribution is 2.26. The van der Waals surface area contributed by atoms with Crippen LogP contribution in [0.1, 0.15) is 34.3 Å². The predicted molar refractivity (Wildman–Crippen MR) is 104 cm³/mol. The number of aryl methyl sites for hydroxylation is 2. The molecule has 0 bridgehead atoms. The first kappa shape index (κ1) is 19.1. The maximum atomic E-state index is 13.0. The van der Waals surface area contributed by atoms with Gasteiger partial charge in [-0.2, -0.15) is 0 Å². The predicted octanol–water partition coefficient (Wildman–Crippen LogP) is 3.96. The van der Waals surface area contributed by atoms with Gasteiger partial charge in [0.2, 0.25) is 5.91 Å². The molecule has 0 N–H and O–H groups in total. The summed E-state index contributed by atoms with van der Waals surface area (Å²) >= 11 is 0. The number of hydrogen-bond acceptors (Lipinski definition) is 2. The van der Waals surface area contributed by atoms with E-state index in [0.29, 0.717) is 31.5 Å². The molecule has 0 unspecified atom stereocenters. The Balaban J connectivity index is 1.63. The second-order valence-corrected chi connectivity index (χ2v) is 7.26. The van der Waals surface area contributed by atoms with Crippen LogP contribution in [0.2, 0.25) is 0 Å². The van der Waals surface area contributed by atoms with E-state index in [1.807, 2.05) is 39.1 Å². The van der Waals surface area contributed by atoms with Gasteiger partial charge in [0, 0.05) is 37.3 Å². The second kappa shape index (κ2) is 7.91. The Labute approximate surface area is 159 Å². The molecule has 1 aliphatic rings. The van der Waals surface area contributed by atoms with E-state index in [9.17, 15) is 14.0 Å². The Bertz CT molecular complexity index is 840. The summed E-state index contributed by atoms with van der Waals surface area (Å²) in [6, 6.07) is 11.7. The topological polar surface area (TPSA) is 40.6 Å². The van der Waals surface area contributed by atoms with Gasteiger partial charge in [0.1, 0.15) is 5.82 Å². The Morgan fingerprint density at radius 1 is 1.04 bits per heavy atom. The van der Waals surface area contributed by atoms with E-state index in [4.69, 9.17) is 0 Å². The van der Waals surface area contributed by atoms with Crippen LogP contribution in [-0.4, -0.2) is 36.9 Å². The lowest BCUT2D eigenvalue weighted by Gasteiger charge is -2.33. The Morgan fingerprint density at radius 3 is 2.30 bits per heavy atom. The van der Waals surface area contributed by atoms with Crippen LogP contribution in [0.25, 0.3) is 0 Å². The highest BCUT2D eigenvalue weighted by atomic mass is 19.1. The van der Waals surface area contributed by atoms with E-state index in [2.05, 4.69) is 0 Å². The number of amides is 2. The summed E-state index contributed by atoms with van der Waals surface area (Å²) in [5, 5.41) is 0. The zero-order valence-corrected chi connectivity index (χ0v) is 16.0. The fourth-order valence-corrected chi connectivity index (χ4v) is 3.58. The SMILES string of the molecule is Cc1ccc(C)c(N(C)C(=O)C2CCN(C(=O)c3ccc(F)cc3)CC2)c1. The first-order chi connectivity index (χ1) is 12.9. The molecule has 2 amide bonds. The number of hydrogen-bond donors (Lipinski definition) is 0. The van der Waals surface area contributed by atoms with Crippen molar-refractivity contribution in [2.75, 3.05) is 25.0 Å². The molecule has 4 nitrogen and oxygen atoms in total. The van der Waals surface area contributed by atoms with Gasteiger partial charge in [0.05, 0.1) is 0 Å². The first-order valence-electron chi connectivity index (χ1n) is 9.26. The fourth-order valence-electron chi connectivity index (χ4n) is 3.58. The molecule has 27 heavy (non-hydrogen) atoms. The molecule has 2 aromatic rings. The van der Waals surface area contributed by atoms with Crippen LogP contribution in [0.5, 0.6) is 0 Å². The van der Waals surface area contributed by atoms with Crippen molar-refractivity contribution in [1.29, 1.82) is 0 Å². The maximum absolute atomic E-state index is 13.0. The smallest absolute Gasteiger partial charge is 0.253 e. The van der Waals surface area contributed by atoms with Crippen LogP contribution < -0.4 is 4.90 Å². The summed E-state index contributed by atoms with van der Waals surface area (Å²) in [4.78, 5) is 28.9. The van der Waals surface area contributed by atoms with Gasteiger partial charge in [0.25, 0.3) is 5.91 Å². The molecule has 0 aliphatic carbocycles. The number of piperidine rings is 1. The molecule has 0 saturated carbocycles. The van der Waals surface area contributed by atoms with Gasteiger partial charge < -0.3 is 9.80 Å². The van der Waals surface area contributed by atoms with Crippen LogP contribution in [0.4, 0.5) is 10.1 Å². The van der Waals surface area contributed by atoms with Gasteiger partial charge in [0.15, 0.2) is 0 Å². The molecule has 2 aromatic carbocycles. The average molecular weight is 368 g/mol. The van der Waals surface area contributed by atoms with Crippen LogP contribution >= 0.6 is 0 Å². The van der Waals surface area contributed by atoms with Crippen molar-refractivity contribution in [2.24, 2.45) is 5.92 Å². The van der Waals surface area contributed by atoms with Crippen molar-refractivity contribution in [2.45, 2.75) is 26.7 Å². The number of rotatable bonds is 3. The quantitative estimate of drug-likeness (QED) is 0.823. The first-order valence-corrected chi connectivity index (χ1v) is 9.26. The lowest BCUT2D eigenvalue weighted by atomic mass is 9.94. The summed E-state index contributed by atoms with van der Waals surface area (Å²) in [6.07, 6.45) is 1.28. The molecule has 1 aliphatic heterocycles. The number of anilines is 1. The second-order valence-electron chi connectivity index (χ2n) is 7.26. The van der Waals surface area contributed by atoms with Crippen molar-refractivity contribution in [3.63, 3.8) is 0 Å². The molecule has 0 spiro atoms. The highest BCUT2D eigenvalue weighted by molar-refractivity contribution is 5.96. The van der Waals surface area contributed by atoms with Crippen LogP contribution in [0.3, 0.4) is 0 Å². The maximum Gasteiger partial charge on any atom is 0.253 e. The number of likely N-dealkylation sites (tertiary alicyclic amines) is 1. The zero-order valence-electron chi connectivity index (χ0n) is 16.0. The number of carbonyl (C=O) groups excluding carboxylic acids is 2. The van der Waals surface area contributed by atoms with Crippen LogP contribution in [0.15, 0.2) is 42.5 Å². The average Bonchev–Trinajstić information content (AvgIpc) is 2.69. The molecule has 1 saturated heterocycles. The van der Waals surface area contributed by atoms with Crippen molar-refractivity contribution in [3.8, 4) is 0 Å². The Hall–Kier alpha value is -2.69. The normalized spacial score (nSPS) is 14.9. The fraction of sp³-hybridized carbons (Fsp3) is 0.364. The third kappa shape index (κ3) is 4.18. The third-order valence-corrected chi connectivity index (χ3v) is 5.28. The van der Waals surface area contributed by atoms with Crippen molar-refractivity contribution in [3.05, 3.63) is 65.0 Å². The van der Waals surface area contributed by atoms with E-state index in [0.717, 1.165) is 16.8 Å². The summed E-state index contributed by atoms with van der Waals surface area (Å²) in [7, 11) is 1.82. The summed E-state index contributed by atoms with van der Waals surface area (Å²) in [5.41, 5.74) is 3.61. The van der Waals surface area contributed by atoms with E-state index in [1.165, 1.54) is 24.3 Å². The van der Waals surface area contributed by atoms with E-state index in [-0.39, 0.29) is 23.5 Å². The monoisotopic (exact) mass is 368 g/mol. The lowest BCUT2D eigenvalue weighted by molar-refractivity contribution is -0.123. The molecule has 3 rings (SSSR count). The zero-order chi connectivity index (χ0) is 19.6. The van der Waals surface area contributed by atoms with Gasteiger partial charge in [-0.1, -0.05) is 12.1 Å². The van der Waals surface area contributed by atoms with Crippen LogP contribution in [0, 0.1) is 25.6 Å². The molecule has 0 radical (unpaired) electrons. The minimum atomic E-state index is -0.356. The minimum Gasteiger partial charge on any atom is -0.339 e. The van der Waals surface area contributed by atoms with Crippen LogP contribution in [-0.2, 0) is 4.79 Å². The minimum absolute atomic E-state index is 0.0906. The summed E-state index contributed by atoms with van der Waals surface area (Å²) in [6.45, 7) is 5.09. The molecule has 142 valence electrons. The van der Waals surface area contributed by atoms with Gasteiger partial charge >= 0.3 is 0 Å². The summed E-state index contributed by atoms with van der Waals surface area (Å²) < 4.78 is 13.0. The van der Waals surface area contributed by atoms with E-state index >= 15 is 0 Å². The summed E-state index contributed by atoms with van der Waals surface area (Å²) in [5.74, 6) is -0.459. The molecular weight excluding hydrogens is 343 g/mol. The number of carbonyl (C=O) groups is 2. The van der Waals surface area contributed by atoms with Crippen molar-refractivity contribution in [1.82, 2.24) is 4.90 Å². The molecule has 5 heteroatoms. The standard InChI is InChI=1S/C22H25FN2O2/c1-15-4-5-16(2)20(14-15)24(3)21(26)18-10-12-25(13-11-18)22(27)17-6-8-19(23)9-7-17/h4-9,14,18H,10-13H2,1-3H3. The van der Waals surface area contributed by atoms with Crippen molar-refractivity contribution >= 4 is 17.5 Å². The lowest BCUT2D eigenvalue weighted by Crippen LogP contribution is -2.43. The Morgan fingerprint density at radius 2 is 1.67 bits per heavy atom. The number of benzene rings is 2. The Kier molecular flexibility index (Phi) is 5.59. The van der Waals surface area contributed by atoms with E-state index in [1.54, 1.807) is 9.80 Å². The molecule has 1 fully saturated rings. The largest absolute Gasteiger partial charge is 0.339 e. The van der Waals surface area contributed by atoms with E-state index < -0.39 is 0 Å². The molecular formula is C22H25FN2O2. The van der Waals surface area contributed by atoms with Gasteiger partial charge in [-0.05, 0) is 68.1 Å². The number of nitrogens with zero attached hydrogens (tertiary/aromatic N) is 2. The molecule has 0 aromatic heterocycles. The highest BCUT2D eigenvalue weighted by Gasteiger charge is 2.30. The molecule has 0 atom stereocenters. The molecule has 1 heterocycles. The number of halogens is 1. The van der Waals surface area contributed by atoms with Gasteiger partial charge in [-0.15, -0.1) is 0 Å².